The lowest BCUT2D eigenvalue weighted by Crippen LogP contribution is -2.49. The van der Waals surface area contributed by atoms with Gasteiger partial charge in [0.15, 0.2) is 0 Å². The predicted octanol–water partition coefficient (Wildman–Crippen LogP) is 4.01. The lowest BCUT2D eigenvalue weighted by Gasteiger charge is -2.44. The van der Waals surface area contributed by atoms with Gasteiger partial charge in [0, 0.05) is 30.2 Å². The first-order valence-corrected chi connectivity index (χ1v) is 11.3. The van der Waals surface area contributed by atoms with Crippen LogP contribution in [0.4, 0.5) is 13.2 Å². The van der Waals surface area contributed by atoms with Crippen LogP contribution < -0.4 is 0 Å². The van der Waals surface area contributed by atoms with Gasteiger partial charge in [-0.25, -0.2) is 4.79 Å². The summed E-state index contributed by atoms with van der Waals surface area (Å²) in [4.78, 5) is 25.3. The molecule has 0 spiro atoms. The highest BCUT2D eigenvalue weighted by atomic mass is 32.2. The summed E-state index contributed by atoms with van der Waals surface area (Å²) >= 11 is 2.73. The van der Waals surface area contributed by atoms with E-state index in [1.54, 1.807) is 30.3 Å². The number of amides is 1. The molecule has 2 unspecified atom stereocenters. The monoisotopic (exact) mass is 433 g/mol. The van der Waals surface area contributed by atoms with E-state index in [-0.39, 0.29) is 18.7 Å². The Morgan fingerprint density at radius 3 is 2.54 bits per heavy atom. The van der Waals surface area contributed by atoms with Gasteiger partial charge in [-0.2, -0.15) is 24.9 Å². The molecule has 0 aromatic heterocycles. The number of carbonyl (C=O) groups excluding carboxylic acids is 1. The van der Waals surface area contributed by atoms with Crippen LogP contribution in [0, 0.1) is 5.92 Å². The van der Waals surface area contributed by atoms with Crippen LogP contribution >= 0.6 is 23.5 Å². The molecule has 9 heteroatoms. The Bertz CT molecular complexity index is 708. The molecule has 2 saturated heterocycles. The zero-order valence-corrected chi connectivity index (χ0v) is 16.8. The minimum absolute atomic E-state index is 0.195. The van der Waals surface area contributed by atoms with Crippen LogP contribution in [0.3, 0.4) is 0 Å². The third kappa shape index (κ3) is 4.30. The van der Waals surface area contributed by atoms with Gasteiger partial charge in [-0.15, -0.1) is 11.8 Å². The smallest absolute Gasteiger partial charge is 0.394 e. The molecule has 0 radical (unpaired) electrons. The Hall–Kier alpha value is -1.35. The first-order chi connectivity index (χ1) is 13.3. The minimum Gasteiger partial charge on any atom is -0.480 e. The van der Waals surface area contributed by atoms with Crippen molar-refractivity contribution in [1.29, 1.82) is 0 Å². The number of likely N-dealkylation sites (tertiary alicyclic amines) is 1. The molecule has 28 heavy (non-hydrogen) atoms. The highest BCUT2D eigenvalue weighted by Gasteiger charge is 2.56. The fourth-order valence-electron chi connectivity index (χ4n) is 4.00. The van der Waals surface area contributed by atoms with Crippen molar-refractivity contribution >= 4 is 35.4 Å². The molecule has 2 aliphatic heterocycles. The zero-order valence-electron chi connectivity index (χ0n) is 15.2. The third-order valence-corrected chi connectivity index (χ3v) is 8.54. The summed E-state index contributed by atoms with van der Waals surface area (Å²) in [6.45, 7) is 0.195. The fourth-order valence-corrected chi connectivity index (χ4v) is 7.28. The zero-order chi connectivity index (χ0) is 20.4. The van der Waals surface area contributed by atoms with Crippen molar-refractivity contribution in [2.75, 3.05) is 23.8 Å². The Balaban J connectivity index is 1.94. The van der Waals surface area contributed by atoms with Crippen LogP contribution in [-0.2, 0) is 14.3 Å². The normalized spacial score (nSPS) is 26.8. The molecule has 2 aliphatic rings. The number of hydrogen-bond donors (Lipinski definition) is 1. The lowest BCUT2D eigenvalue weighted by atomic mass is 9.83. The summed E-state index contributed by atoms with van der Waals surface area (Å²) < 4.78 is 41.4. The van der Waals surface area contributed by atoms with Gasteiger partial charge in [0.2, 0.25) is 5.91 Å². The standard InChI is InChI=1S/C19H22F3NO3S2/c20-19(21,22)15(11-16(24)23-8-4-7-14(23)17(25)26)18(12-27-9-10-28-18)13-5-2-1-3-6-13/h1-3,5-6,14-15H,4,7-12H2,(H,25,26)/t14-,15?,18?/m0/s1. The largest absolute Gasteiger partial charge is 0.480 e. The lowest BCUT2D eigenvalue weighted by molar-refractivity contribution is -0.189. The van der Waals surface area contributed by atoms with Gasteiger partial charge >= 0.3 is 12.1 Å². The van der Waals surface area contributed by atoms with E-state index >= 15 is 0 Å². The number of nitrogens with zero attached hydrogens (tertiary/aromatic N) is 1. The summed E-state index contributed by atoms with van der Waals surface area (Å²) in [6.07, 6.45) is -4.52. The number of halogens is 3. The summed E-state index contributed by atoms with van der Waals surface area (Å²) in [5, 5.41) is 9.28. The van der Waals surface area contributed by atoms with Crippen molar-refractivity contribution in [2.45, 2.75) is 36.2 Å². The third-order valence-electron chi connectivity index (χ3n) is 5.36. The molecule has 1 amide bonds. The predicted molar refractivity (Wildman–Crippen MR) is 104 cm³/mol. The molecule has 2 heterocycles. The number of carbonyl (C=O) groups is 2. The molecule has 0 aliphatic carbocycles. The second-order valence-electron chi connectivity index (χ2n) is 7.04. The van der Waals surface area contributed by atoms with Gasteiger partial charge in [-0.1, -0.05) is 30.3 Å². The maximum atomic E-state index is 14.2. The van der Waals surface area contributed by atoms with Crippen molar-refractivity contribution in [3.05, 3.63) is 35.9 Å². The molecule has 3 rings (SSSR count). The molecule has 4 nitrogen and oxygen atoms in total. The van der Waals surface area contributed by atoms with E-state index in [9.17, 15) is 27.9 Å². The Morgan fingerprint density at radius 2 is 1.96 bits per heavy atom. The van der Waals surface area contributed by atoms with Crippen LogP contribution in [0.2, 0.25) is 0 Å². The van der Waals surface area contributed by atoms with Crippen molar-refractivity contribution in [3.8, 4) is 0 Å². The summed E-state index contributed by atoms with van der Waals surface area (Å²) in [5.74, 6) is -2.15. The second-order valence-corrected chi connectivity index (χ2v) is 9.57. The summed E-state index contributed by atoms with van der Waals surface area (Å²) in [6, 6.07) is 7.55. The average molecular weight is 434 g/mol. The maximum Gasteiger partial charge on any atom is 0.394 e. The van der Waals surface area contributed by atoms with E-state index in [1.165, 1.54) is 23.5 Å². The summed E-state index contributed by atoms with van der Waals surface area (Å²) in [7, 11) is 0. The van der Waals surface area contributed by atoms with Crippen LogP contribution in [-0.4, -0.2) is 57.9 Å². The first-order valence-electron chi connectivity index (χ1n) is 9.12. The second kappa shape index (κ2) is 8.57. The van der Waals surface area contributed by atoms with E-state index in [4.69, 9.17) is 0 Å². The van der Waals surface area contributed by atoms with Crippen LogP contribution in [0.5, 0.6) is 0 Å². The van der Waals surface area contributed by atoms with E-state index in [2.05, 4.69) is 0 Å². The van der Waals surface area contributed by atoms with E-state index in [0.29, 0.717) is 17.7 Å². The number of hydrogen-bond acceptors (Lipinski definition) is 4. The van der Waals surface area contributed by atoms with E-state index in [0.717, 1.165) is 10.7 Å². The minimum atomic E-state index is -4.57. The van der Waals surface area contributed by atoms with Crippen molar-refractivity contribution in [1.82, 2.24) is 4.90 Å². The number of carboxylic acid groups (broad SMARTS) is 1. The highest BCUT2D eigenvalue weighted by molar-refractivity contribution is 8.06. The first kappa shape index (κ1) is 21.4. The van der Waals surface area contributed by atoms with E-state index in [1.807, 2.05) is 0 Å². The number of rotatable bonds is 5. The van der Waals surface area contributed by atoms with Gasteiger partial charge in [0.05, 0.1) is 10.7 Å². The number of benzene rings is 1. The van der Waals surface area contributed by atoms with Gasteiger partial charge in [0.25, 0.3) is 0 Å². The SMILES string of the molecule is O=C(O)[C@@H]1CCCN1C(=O)CC(C(F)(F)F)C1(c2ccccc2)CSCCS1. The molecule has 3 atom stereocenters. The Labute approximate surface area is 170 Å². The van der Waals surface area contributed by atoms with E-state index < -0.39 is 41.2 Å². The quantitative estimate of drug-likeness (QED) is 0.761. The van der Waals surface area contributed by atoms with Gasteiger partial charge < -0.3 is 10.0 Å². The van der Waals surface area contributed by atoms with Crippen LogP contribution in [0.25, 0.3) is 0 Å². The number of carboxylic acids is 1. The average Bonchev–Trinajstić information content (AvgIpc) is 3.16. The van der Waals surface area contributed by atoms with Crippen molar-refractivity contribution in [2.24, 2.45) is 5.92 Å². The van der Waals surface area contributed by atoms with Crippen molar-refractivity contribution in [3.63, 3.8) is 0 Å². The highest BCUT2D eigenvalue weighted by Crippen LogP contribution is 2.55. The van der Waals surface area contributed by atoms with Crippen LogP contribution in [0.1, 0.15) is 24.8 Å². The van der Waals surface area contributed by atoms with Crippen molar-refractivity contribution < 1.29 is 27.9 Å². The Morgan fingerprint density at radius 1 is 1.25 bits per heavy atom. The number of aliphatic carboxylic acids is 1. The van der Waals surface area contributed by atoms with Gasteiger partial charge in [0.1, 0.15) is 6.04 Å². The summed E-state index contributed by atoms with van der Waals surface area (Å²) in [5.41, 5.74) is 0.568. The maximum absolute atomic E-state index is 14.2. The molecule has 2 fully saturated rings. The molecule has 0 bridgehead atoms. The molecule has 1 aromatic carbocycles. The molecule has 1 aromatic rings. The fraction of sp³-hybridized carbons (Fsp3) is 0.579. The molecule has 1 N–H and O–H groups in total. The number of thioether (sulfide) groups is 2. The topological polar surface area (TPSA) is 57.6 Å². The van der Waals surface area contributed by atoms with Gasteiger partial charge in [-0.3, -0.25) is 4.79 Å². The van der Waals surface area contributed by atoms with Gasteiger partial charge in [-0.05, 0) is 18.4 Å². The molecule has 154 valence electrons. The number of alkyl halides is 3. The Kier molecular flexibility index (Phi) is 6.54. The van der Waals surface area contributed by atoms with Crippen LogP contribution in [0.15, 0.2) is 30.3 Å². The molecule has 0 saturated carbocycles. The molecular formula is C19H22F3NO3S2. The molecular weight excluding hydrogens is 411 g/mol.